The van der Waals surface area contributed by atoms with Crippen molar-refractivity contribution < 1.29 is 32.3 Å². The molecule has 2 aliphatic heterocycles. The number of hydrogen-bond donors (Lipinski definition) is 1. The van der Waals surface area contributed by atoms with Gasteiger partial charge in [0.1, 0.15) is 6.04 Å². The zero-order valence-corrected chi connectivity index (χ0v) is 18.5. The van der Waals surface area contributed by atoms with Gasteiger partial charge in [0.05, 0.1) is 23.8 Å². The zero-order chi connectivity index (χ0) is 24.9. The maximum Gasteiger partial charge on any atom is 0.417 e. The van der Waals surface area contributed by atoms with Crippen molar-refractivity contribution in [2.75, 3.05) is 24.6 Å². The molecule has 2 fully saturated rings. The first-order valence-electron chi connectivity index (χ1n) is 11.2. The van der Waals surface area contributed by atoms with Gasteiger partial charge < -0.3 is 20.3 Å². The van der Waals surface area contributed by atoms with Gasteiger partial charge >= 0.3 is 12.1 Å². The summed E-state index contributed by atoms with van der Waals surface area (Å²) in [7, 11) is 0. The summed E-state index contributed by atoms with van der Waals surface area (Å²) in [6, 6.07) is 4.14. The lowest BCUT2D eigenvalue weighted by Crippen LogP contribution is -2.64. The van der Waals surface area contributed by atoms with Crippen LogP contribution in [0.15, 0.2) is 30.3 Å². The van der Waals surface area contributed by atoms with Gasteiger partial charge in [-0.15, -0.1) is 10.2 Å². The molecule has 1 aliphatic carbocycles. The fourth-order valence-corrected chi connectivity index (χ4v) is 4.72. The zero-order valence-electron chi connectivity index (χ0n) is 18.5. The van der Waals surface area contributed by atoms with E-state index in [1.165, 1.54) is 12.1 Å². The van der Waals surface area contributed by atoms with E-state index in [4.69, 9.17) is 10.5 Å². The summed E-state index contributed by atoms with van der Waals surface area (Å²) in [6.45, 7) is 0.496. The van der Waals surface area contributed by atoms with Crippen molar-refractivity contribution in [1.82, 2.24) is 15.1 Å². The first kappa shape index (κ1) is 23.1. The second kappa shape index (κ2) is 8.51. The van der Waals surface area contributed by atoms with E-state index in [9.17, 15) is 27.6 Å². The number of esters is 1. The summed E-state index contributed by atoms with van der Waals surface area (Å²) in [6.07, 6.45) is -2.47. The number of ether oxygens (including phenoxy) is 1. The number of hydrogen-bond acceptors (Lipinski definition) is 7. The number of halogens is 3. The number of nitrogens with zero attached hydrogens (tertiary/aromatic N) is 4. The molecule has 2 amide bonds. The van der Waals surface area contributed by atoms with Crippen molar-refractivity contribution in [2.24, 2.45) is 11.7 Å². The van der Waals surface area contributed by atoms with Crippen LogP contribution in [0.4, 0.5) is 19.0 Å². The van der Waals surface area contributed by atoms with Crippen LogP contribution >= 0.6 is 0 Å². The Bertz CT molecular complexity index is 1200. The first-order chi connectivity index (χ1) is 16.6. The summed E-state index contributed by atoms with van der Waals surface area (Å²) in [5, 5.41) is 8.11. The van der Waals surface area contributed by atoms with Crippen LogP contribution in [-0.4, -0.2) is 64.7 Å². The molecule has 1 saturated heterocycles. The lowest BCUT2D eigenvalue weighted by molar-refractivity contribution is -0.138. The minimum Gasteiger partial charge on any atom is -0.461 e. The quantitative estimate of drug-likeness (QED) is 0.637. The van der Waals surface area contributed by atoms with Gasteiger partial charge in [-0.1, -0.05) is 12.1 Å². The number of aromatic nitrogens is 2. The van der Waals surface area contributed by atoms with E-state index in [1.54, 1.807) is 11.0 Å². The molecule has 0 radical (unpaired) electrons. The van der Waals surface area contributed by atoms with E-state index in [2.05, 4.69) is 10.2 Å². The molecule has 2 atom stereocenters. The highest BCUT2D eigenvalue weighted by molar-refractivity contribution is 5.99. The smallest absolute Gasteiger partial charge is 0.417 e. The maximum atomic E-state index is 13.5. The highest BCUT2D eigenvalue weighted by Gasteiger charge is 2.48. The van der Waals surface area contributed by atoms with Gasteiger partial charge in [-0.25, -0.2) is 4.79 Å². The van der Waals surface area contributed by atoms with E-state index in [1.807, 2.05) is 0 Å². The summed E-state index contributed by atoms with van der Waals surface area (Å²) in [4.78, 5) is 40.9. The molecule has 3 aliphatic rings. The molecule has 1 saturated carbocycles. The monoisotopic (exact) mass is 489 g/mol. The molecule has 2 aromatic rings. The van der Waals surface area contributed by atoms with E-state index in [0.29, 0.717) is 23.9 Å². The van der Waals surface area contributed by atoms with Crippen molar-refractivity contribution in [1.29, 1.82) is 0 Å². The van der Waals surface area contributed by atoms with E-state index in [-0.39, 0.29) is 25.2 Å². The summed E-state index contributed by atoms with van der Waals surface area (Å²) < 4.78 is 45.8. The largest absolute Gasteiger partial charge is 0.461 e. The average Bonchev–Trinajstić information content (AvgIpc) is 3.59. The second-order valence-electron chi connectivity index (χ2n) is 8.97. The van der Waals surface area contributed by atoms with Gasteiger partial charge in [-0.2, -0.15) is 13.2 Å². The SMILES string of the molecule is NC(=O)C1C2Cc3cc(C(=O)OCC4CC4)nnc3N2CCN1C(=O)c1ccccc1C(F)(F)F. The van der Waals surface area contributed by atoms with Crippen molar-refractivity contribution in [3.8, 4) is 0 Å². The van der Waals surface area contributed by atoms with Crippen LogP contribution in [0.2, 0.25) is 0 Å². The Morgan fingerprint density at radius 2 is 1.86 bits per heavy atom. The van der Waals surface area contributed by atoms with Crippen molar-refractivity contribution in [2.45, 2.75) is 37.5 Å². The number of piperazine rings is 1. The molecular weight excluding hydrogens is 467 g/mol. The Labute approximate surface area is 198 Å². The molecule has 9 nitrogen and oxygen atoms in total. The van der Waals surface area contributed by atoms with Crippen LogP contribution in [0.25, 0.3) is 0 Å². The third-order valence-corrected chi connectivity index (χ3v) is 6.61. The van der Waals surface area contributed by atoms with Gasteiger partial charge in [0.15, 0.2) is 11.5 Å². The number of alkyl halides is 3. The van der Waals surface area contributed by atoms with Crippen LogP contribution < -0.4 is 10.6 Å². The van der Waals surface area contributed by atoms with Crippen molar-refractivity contribution in [3.63, 3.8) is 0 Å². The van der Waals surface area contributed by atoms with Crippen LogP contribution in [0.5, 0.6) is 0 Å². The summed E-state index contributed by atoms with van der Waals surface area (Å²) in [5.74, 6) is -1.53. The molecule has 0 spiro atoms. The van der Waals surface area contributed by atoms with E-state index in [0.717, 1.165) is 29.9 Å². The van der Waals surface area contributed by atoms with Gasteiger partial charge in [0.2, 0.25) is 5.91 Å². The Hall–Kier alpha value is -3.70. The van der Waals surface area contributed by atoms with Gasteiger partial charge in [0.25, 0.3) is 5.91 Å². The Morgan fingerprint density at radius 3 is 2.54 bits per heavy atom. The van der Waals surface area contributed by atoms with Crippen LogP contribution in [0, 0.1) is 5.92 Å². The number of anilines is 1. The Morgan fingerprint density at radius 1 is 1.11 bits per heavy atom. The first-order valence-corrected chi connectivity index (χ1v) is 11.2. The maximum absolute atomic E-state index is 13.5. The molecule has 12 heteroatoms. The number of nitrogens with two attached hydrogens (primary N) is 1. The Kier molecular flexibility index (Phi) is 5.60. The Balaban J connectivity index is 1.40. The number of rotatable bonds is 5. The molecule has 3 heterocycles. The fraction of sp³-hybridized carbons (Fsp3) is 0.435. The number of carbonyl (C=O) groups is 3. The number of fused-ring (bicyclic) bond motifs is 3. The lowest BCUT2D eigenvalue weighted by Gasteiger charge is -2.43. The molecular formula is C23H22F3N5O4. The average molecular weight is 489 g/mol. The molecule has 1 aromatic heterocycles. The standard InChI is InChI=1S/C23H22F3N5O4/c24-23(25,26)15-4-2-1-3-14(15)21(33)31-8-7-30-17(18(31)19(27)32)10-13-9-16(28-29-20(13)30)22(34)35-11-12-5-6-12/h1-4,9,12,17-18H,5-8,10-11H2,(H2,27,32). The minimum absolute atomic E-state index is 0.0342. The van der Waals surface area contributed by atoms with Crippen LogP contribution in [-0.2, 0) is 22.1 Å². The van der Waals surface area contributed by atoms with Crippen LogP contribution in [0.3, 0.4) is 0 Å². The van der Waals surface area contributed by atoms with Gasteiger partial charge in [-0.05, 0) is 43.4 Å². The highest BCUT2D eigenvalue weighted by atomic mass is 19.4. The van der Waals surface area contributed by atoms with E-state index >= 15 is 0 Å². The van der Waals surface area contributed by atoms with E-state index < -0.39 is 47.2 Å². The van der Waals surface area contributed by atoms with Crippen molar-refractivity contribution in [3.05, 3.63) is 52.7 Å². The topological polar surface area (TPSA) is 119 Å². The molecule has 2 N–H and O–H groups in total. The lowest BCUT2D eigenvalue weighted by atomic mass is 9.96. The predicted molar refractivity (Wildman–Crippen MR) is 115 cm³/mol. The third kappa shape index (κ3) is 4.28. The summed E-state index contributed by atoms with van der Waals surface area (Å²) >= 11 is 0. The molecule has 1 aromatic carbocycles. The molecule has 5 rings (SSSR count). The predicted octanol–water partition coefficient (Wildman–Crippen LogP) is 1.80. The normalized spacial score (nSPS) is 21.3. The third-order valence-electron chi connectivity index (χ3n) is 6.61. The van der Waals surface area contributed by atoms with Crippen LogP contribution in [0.1, 0.15) is 44.8 Å². The molecule has 0 bridgehead atoms. The van der Waals surface area contributed by atoms with Gasteiger partial charge in [0, 0.05) is 18.7 Å². The number of benzene rings is 1. The fourth-order valence-electron chi connectivity index (χ4n) is 4.72. The van der Waals surface area contributed by atoms with Crippen molar-refractivity contribution >= 4 is 23.6 Å². The molecule has 35 heavy (non-hydrogen) atoms. The van der Waals surface area contributed by atoms with Gasteiger partial charge in [-0.3, -0.25) is 9.59 Å². The summed E-state index contributed by atoms with van der Waals surface area (Å²) in [5.41, 5.74) is 4.68. The highest BCUT2D eigenvalue weighted by Crippen LogP contribution is 2.37. The number of primary amides is 1. The second-order valence-corrected chi connectivity index (χ2v) is 8.97. The molecule has 2 unspecified atom stereocenters. The number of carbonyl (C=O) groups excluding carboxylic acids is 3. The minimum atomic E-state index is -4.74. The molecule has 184 valence electrons. The number of amides is 2.